The predicted molar refractivity (Wildman–Crippen MR) is 37.6 cm³/mol. The quantitative estimate of drug-likeness (QED) is 0.601. The second kappa shape index (κ2) is 8.90. The Kier molecular flexibility index (Phi) is 14.7. The number of hydrogen-bond donors (Lipinski definition) is 0. The van der Waals surface area contributed by atoms with E-state index in [1.165, 1.54) is 26.1 Å². The standard InChI is InChI=1S/C6H5.3H2O.Sn/c1-2-4-6-5-3-1;;;;/h1-5H;3*1H2;/q;;;;+3/p-3. The molecule has 0 spiro atoms. The average molecular weight is 247 g/mol. The molecule has 0 heterocycles. The Morgan fingerprint density at radius 1 is 0.800 bits per heavy atom. The number of hydrogen-bond acceptors (Lipinski definition) is 3. The molecule has 1 rings (SSSR count). The van der Waals surface area contributed by atoms with E-state index in [1.54, 1.807) is 0 Å². The summed E-state index contributed by atoms with van der Waals surface area (Å²) >= 11 is 1.49. The molecular formula is C6H8O3Sn. The molecule has 0 radical (unpaired) electrons. The normalized spacial score (nSPS) is 6.20. The summed E-state index contributed by atoms with van der Waals surface area (Å²) in [5.74, 6) is 0. The summed E-state index contributed by atoms with van der Waals surface area (Å²) in [6.45, 7) is 0. The van der Waals surface area contributed by atoms with Crippen molar-refractivity contribution in [1.29, 1.82) is 0 Å². The fraction of sp³-hybridized carbons (Fsp3) is 0. The van der Waals surface area contributed by atoms with Crippen molar-refractivity contribution in [2.45, 2.75) is 0 Å². The minimum atomic E-state index is 0. The van der Waals surface area contributed by atoms with Gasteiger partial charge >= 0.3 is 56.4 Å². The maximum absolute atomic E-state index is 2.12. The first-order valence-corrected chi connectivity index (χ1v) is 3.59. The van der Waals surface area contributed by atoms with Gasteiger partial charge in [-0.25, -0.2) is 0 Å². The zero-order valence-corrected chi connectivity index (χ0v) is 8.08. The average Bonchev–Trinajstić information content (AvgIpc) is 1.69. The molecule has 1 aromatic carbocycles. The van der Waals surface area contributed by atoms with Crippen LogP contribution in [0.1, 0.15) is 0 Å². The molecular weight excluding hydrogens is 239 g/mol. The van der Waals surface area contributed by atoms with Crippen molar-refractivity contribution < 1.29 is 16.4 Å². The van der Waals surface area contributed by atoms with Crippen LogP contribution in [-0.2, 0) is 0 Å². The van der Waals surface area contributed by atoms with Crippen LogP contribution in [0.3, 0.4) is 0 Å². The zero-order chi connectivity index (χ0) is 5.11. The van der Waals surface area contributed by atoms with Gasteiger partial charge in [0.25, 0.3) is 0 Å². The van der Waals surface area contributed by atoms with E-state index < -0.39 is 0 Å². The molecule has 1 aromatic rings. The van der Waals surface area contributed by atoms with Crippen molar-refractivity contribution in [1.82, 2.24) is 0 Å². The Balaban J connectivity index is -0.000000163. The topological polar surface area (TPSA) is 90.0 Å². The summed E-state index contributed by atoms with van der Waals surface area (Å²) < 4.78 is 1.41. The summed E-state index contributed by atoms with van der Waals surface area (Å²) in [6.07, 6.45) is 0. The van der Waals surface area contributed by atoms with Crippen LogP contribution in [0.15, 0.2) is 30.3 Å². The van der Waals surface area contributed by atoms with Crippen LogP contribution < -0.4 is 3.58 Å². The fourth-order valence-corrected chi connectivity index (χ4v) is 0.987. The number of benzene rings is 1. The third kappa shape index (κ3) is 6.03. The van der Waals surface area contributed by atoms with Gasteiger partial charge in [-0.1, -0.05) is 0 Å². The van der Waals surface area contributed by atoms with E-state index in [0.29, 0.717) is 0 Å². The molecule has 0 unspecified atom stereocenters. The Morgan fingerprint density at radius 3 is 1.40 bits per heavy atom. The van der Waals surface area contributed by atoms with Gasteiger partial charge in [0.1, 0.15) is 0 Å². The zero-order valence-electron chi connectivity index (χ0n) is 5.23. The van der Waals surface area contributed by atoms with Gasteiger partial charge in [0.05, 0.1) is 0 Å². The molecule has 0 aliphatic carbocycles. The maximum atomic E-state index is 2.12. The van der Waals surface area contributed by atoms with Crippen LogP contribution in [0.2, 0.25) is 0 Å². The van der Waals surface area contributed by atoms with Gasteiger partial charge in [0, 0.05) is 0 Å². The Bertz CT molecular complexity index is 143. The molecule has 54 valence electrons. The second-order valence-corrected chi connectivity index (χ2v) is 3.01. The Labute approximate surface area is 73.1 Å². The van der Waals surface area contributed by atoms with Crippen molar-refractivity contribution in [3.05, 3.63) is 30.3 Å². The van der Waals surface area contributed by atoms with Crippen molar-refractivity contribution in [2.75, 3.05) is 0 Å². The van der Waals surface area contributed by atoms with Gasteiger partial charge in [-0.3, -0.25) is 0 Å². The molecule has 4 heteroatoms. The van der Waals surface area contributed by atoms with Crippen LogP contribution in [-0.4, -0.2) is 39.0 Å². The first kappa shape index (κ1) is 16.5. The van der Waals surface area contributed by atoms with Crippen LogP contribution in [0.5, 0.6) is 0 Å². The van der Waals surface area contributed by atoms with Crippen molar-refractivity contribution in [3.63, 3.8) is 0 Å². The Hall–Kier alpha value is -0.101. The van der Waals surface area contributed by atoms with Crippen molar-refractivity contribution >= 4 is 26.1 Å². The molecule has 0 amide bonds. The van der Waals surface area contributed by atoms with Crippen LogP contribution in [0.4, 0.5) is 0 Å². The van der Waals surface area contributed by atoms with Gasteiger partial charge in [-0.05, 0) is 0 Å². The molecule has 0 aliphatic heterocycles. The molecule has 0 atom stereocenters. The van der Waals surface area contributed by atoms with E-state index in [4.69, 9.17) is 0 Å². The third-order valence-corrected chi connectivity index (χ3v) is 1.73. The Morgan fingerprint density at radius 2 is 1.20 bits per heavy atom. The van der Waals surface area contributed by atoms with E-state index in [2.05, 4.69) is 24.3 Å². The van der Waals surface area contributed by atoms with Crippen LogP contribution >= 0.6 is 0 Å². The molecule has 0 saturated heterocycles. The first-order chi connectivity index (χ1) is 3.39. The molecule has 0 aliphatic rings. The fourth-order valence-electron chi connectivity index (χ4n) is 0.438. The minimum absolute atomic E-state index is 0. The molecule has 10 heavy (non-hydrogen) atoms. The third-order valence-electron chi connectivity index (χ3n) is 0.774. The van der Waals surface area contributed by atoms with Gasteiger partial charge in [-0.15, -0.1) is 0 Å². The molecule has 0 saturated carbocycles. The van der Waals surface area contributed by atoms with Gasteiger partial charge in [0.2, 0.25) is 0 Å². The van der Waals surface area contributed by atoms with Crippen LogP contribution in [0.25, 0.3) is 0 Å². The van der Waals surface area contributed by atoms with E-state index in [9.17, 15) is 0 Å². The van der Waals surface area contributed by atoms with Crippen molar-refractivity contribution in [2.24, 2.45) is 0 Å². The second-order valence-electron chi connectivity index (χ2n) is 1.37. The molecule has 0 aromatic heterocycles. The monoisotopic (exact) mass is 248 g/mol. The van der Waals surface area contributed by atoms with Crippen molar-refractivity contribution in [3.8, 4) is 0 Å². The predicted octanol–water partition coefficient (Wildman–Crippen LogP) is -0.0500. The SMILES string of the molecule is [OH-].[OH-].[OH-].[Sn+3][c]1ccccc1. The summed E-state index contributed by atoms with van der Waals surface area (Å²) in [4.78, 5) is 0. The summed E-state index contributed by atoms with van der Waals surface area (Å²) in [5, 5.41) is 0. The number of rotatable bonds is 0. The van der Waals surface area contributed by atoms with E-state index in [-0.39, 0.29) is 16.4 Å². The summed E-state index contributed by atoms with van der Waals surface area (Å²) in [6, 6.07) is 10.4. The van der Waals surface area contributed by atoms with E-state index >= 15 is 0 Å². The van der Waals surface area contributed by atoms with Gasteiger partial charge in [0.15, 0.2) is 0 Å². The van der Waals surface area contributed by atoms with Gasteiger partial charge in [-0.2, -0.15) is 0 Å². The van der Waals surface area contributed by atoms with E-state index in [1.807, 2.05) is 6.07 Å². The molecule has 0 bridgehead atoms. The summed E-state index contributed by atoms with van der Waals surface area (Å²) in [5.41, 5.74) is 0. The molecule has 0 fully saturated rings. The first-order valence-electron chi connectivity index (χ1n) is 2.16. The molecule has 3 N–H and O–H groups in total. The molecule has 3 nitrogen and oxygen atoms in total. The summed E-state index contributed by atoms with van der Waals surface area (Å²) in [7, 11) is 0. The van der Waals surface area contributed by atoms with Gasteiger partial charge < -0.3 is 16.4 Å². The van der Waals surface area contributed by atoms with E-state index in [0.717, 1.165) is 0 Å². The van der Waals surface area contributed by atoms with Crippen LogP contribution in [0, 0.1) is 0 Å².